The molecular weight excluding hydrogens is 396 g/mol. The Morgan fingerprint density at radius 1 is 1.00 bits per heavy atom. The lowest BCUT2D eigenvalue weighted by Crippen LogP contribution is -2.40. The maximum Gasteiger partial charge on any atom is 0.283 e. The quantitative estimate of drug-likeness (QED) is 0.157. The standard InChI is InChI=1S/C22H23N6O3/c1-24-8-10-26(14-24)12-19(29)17-5-3-4-16-6-7-18(22(31)21(16)17)28(23)20(30)13-27-11-9-25(2)15-27/h3-11,14-15H,12-13,23H2,1-2H3/q+1/p+1. The van der Waals surface area contributed by atoms with Gasteiger partial charge in [0.05, 0.1) is 14.1 Å². The van der Waals surface area contributed by atoms with Gasteiger partial charge in [-0.05, 0) is 11.5 Å². The highest BCUT2D eigenvalue weighted by Gasteiger charge is 2.23. The van der Waals surface area contributed by atoms with Crippen molar-refractivity contribution < 1.29 is 23.8 Å². The fourth-order valence-electron chi connectivity index (χ4n) is 3.58. The number of hydrazine groups is 1. The number of hydrogen-bond acceptors (Lipinski definition) is 4. The van der Waals surface area contributed by atoms with Gasteiger partial charge >= 0.3 is 0 Å². The van der Waals surface area contributed by atoms with Gasteiger partial charge in [0.2, 0.25) is 18.4 Å². The van der Waals surface area contributed by atoms with Crippen molar-refractivity contribution in [2.75, 3.05) is 5.01 Å². The average Bonchev–Trinajstić information content (AvgIpc) is 3.34. The number of ketones is 1. The van der Waals surface area contributed by atoms with Gasteiger partial charge in [-0.1, -0.05) is 24.3 Å². The SMILES string of the molecule is C[n+]1ccn(CC(=O)c2cccc3ccc(N(N)C(=O)Cn4cc[n+](C)c4)c(O)c23)c1. The fraction of sp³-hybridized carbons (Fsp3) is 0.182. The monoisotopic (exact) mass is 420 g/mol. The van der Waals surface area contributed by atoms with Crippen molar-refractivity contribution in [3.63, 3.8) is 0 Å². The first-order chi connectivity index (χ1) is 14.8. The molecule has 3 N–H and O–H groups in total. The predicted octanol–water partition coefficient (Wildman–Crippen LogP) is 0.587. The van der Waals surface area contributed by atoms with Crippen molar-refractivity contribution in [3.8, 4) is 5.75 Å². The zero-order chi connectivity index (χ0) is 22.1. The van der Waals surface area contributed by atoms with Crippen LogP contribution in [0.2, 0.25) is 0 Å². The maximum absolute atomic E-state index is 13.0. The minimum absolute atomic E-state index is 0.0139. The van der Waals surface area contributed by atoms with Crippen molar-refractivity contribution in [2.24, 2.45) is 19.9 Å². The van der Waals surface area contributed by atoms with Crippen LogP contribution in [0.25, 0.3) is 10.8 Å². The van der Waals surface area contributed by atoms with Gasteiger partial charge in [-0.15, -0.1) is 0 Å². The number of hydrogen-bond donors (Lipinski definition) is 2. The summed E-state index contributed by atoms with van der Waals surface area (Å²) < 4.78 is 7.10. The molecule has 0 saturated heterocycles. The second-order valence-corrected chi connectivity index (χ2v) is 7.53. The number of aromatic hydroxyl groups is 1. The molecule has 9 nitrogen and oxygen atoms in total. The molecule has 0 bridgehead atoms. The summed E-state index contributed by atoms with van der Waals surface area (Å²) in [5, 5.41) is 13.0. The number of rotatable bonds is 6. The number of carbonyl (C=O) groups is 2. The molecule has 0 fully saturated rings. The molecule has 4 rings (SSSR count). The zero-order valence-corrected chi connectivity index (χ0v) is 17.3. The number of benzene rings is 2. The Hall–Kier alpha value is -3.98. The van der Waals surface area contributed by atoms with E-state index in [0.717, 1.165) is 5.01 Å². The first-order valence-corrected chi connectivity index (χ1v) is 9.71. The van der Waals surface area contributed by atoms with Gasteiger partial charge in [0, 0.05) is 10.9 Å². The van der Waals surface area contributed by atoms with E-state index in [2.05, 4.69) is 0 Å². The number of aromatic nitrogens is 4. The normalized spacial score (nSPS) is 11.1. The molecule has 0 aliphatic rings. The molecule has 0 spiro atoms. The van der Waals surface area contributed by atoms with E-state index in [1.807, 2.05) is 35.6 Å². The summed E-state index contributed by atoms with van der Waals surface area (Å²) in [6.07, 6.45) is 10.8. The number of nitrogens with two attached hydrogens (primary N) is 1. The lowest BCUT2D eigenvalue weighted by atomic mass is 9.99. The van der Waals surface area contributed by atoms with Gasteiger partial charge in [0.15, 0.2) is 13.1 Å². The lowest BCUT2D eigenvalue weighted by Gasteiger charge is -2.19. The van der Waals surface area contributed by atoms with E-state index in [4.69, 9.17) is 5.84 Å². The van der Waals surface area contributed by atoms with Gasteiger partial charge in [-0.25, -0.2) is 29.1 Å². The largest absolute Gasteiger partial charge is 0.505 e. The van der Waals surface area contributed by atoms with Crippen LogP contribution < -0.4 is 20.0 Å². The summed E-state index contributed by atoms with van der Waals surface area (Å²) in [6, 6.07) is 8.54. The van der Waals surface area contributed by atoms with Crippen molar-refractivity contribution in [3.05, 3.63) is 73.3 Å². The molecule has 0 aliphatic heterocycles. The molecule has 0 unspecified atom stereocenters. The molecule has 2 heterocycles. The Balaban J connectivity index is 1.67. The second-order valence-electron chi connectivity index (χ2n) is 7.53. The maximum atomic E-state index is 13.0. The Morgan fingerprint density at radius 2 is 1.65 bits per heavy atom. The summed E-state index contributed by atoms with van der Waals surface area (Å²) in [4.78, 5) is 25.6. The van der Waals surface area contributed by atoms with E-state index in [9.17, 15) is 14.7 Å². The van der Waals surface area contributed by atoms with Gasteiger partial charge in [-0.3, -0.25) is 9.59 Å². The molecule has 158 valence electrons. The Kier molecular flexibility index (Phi) is 5.26. The molecule has 1 amide bonds. The Bertz CT molecular complexity index is 1290. The Labute approximate surface area is 178 Å². The number of aryl methyl sites for hydroxylation is 2. The van der Waals surface area contributed by atoms with Gasteiger partial charge in [0.1, 0.15) is 36.2 Å². The number of phenols is 1. The van der Waals surface area contributed by atoms with Crippen LogP contribution in [0.15, 0.2) is 67.8 Å². The minimum Gasteiger partial charge on any atom is -0.505 e. The smallest absolute Gasteiger partial charge is 0.283 e. The molecule has 0 aliphatic carbocycles. The highest BCUT2D eigenvalue weighted by Crippen LogP contribution is 2.36. The molecule has 2 aromatic carbocycles. The molecule has 0 atom stereocenters. The van der Waals surface area contributed by atoms with Crippen LogP contribution in [0.5, 0.6) is 5.75 Å². The third-order valence-electron chi connectivity index (χ3n) is 5.12. The van der Waals surface area contributed by atoms with Crippen molar-refractivity contribution >= 4 is 28.2 Å². The Morgan fingerprint density at radius 3 is 2.26 bits per heavy atom. The van der Waals surface area contributed by atoms with E-state index in [1.54, 1.807) is 64.5 Å². The van der Waals surface area contributed by atoms with Crippen LogP contribution in [0.3, 0.4) is 0 Å². The number of anilines is 1. The van der Waals surface area contributed by atoms with Crippen molar-refractivity contribution in [1.82, 2.24) is 9.13 Å². The van der Waals surface area contributed by atoms with Crippen LogP contribution in [-0.4, -0.2) is 25.9 Å². The van der Waals surface area contributed by atoms with Crippen LogP contribution in [-0.2, 0) is 32.0 Å². The highest BCUT2D eigenvalue weighted by molar-refractivity contribution is 6.12. The van der Waals surface area contributed by atoms with E-state index in [-0.39, 0.29) is 30.3 Å². The van der Waals surface area contributed by atoms with E-state index in [0.29, 0.717) is 16.3 Å². The number of amides is 1. The number of Topliss-reactive ketones (excluding diaryl/α,β-unsaturated/α-hetero) is 1. The lowest BCUT2D eigenvalue weighted by molar-refractivity contribution is -0.671. The molecule has 31 heavy (non-hydrogen) atoms. The van der Waals surface area contributed by atoms with E-state index in [1.165, 1.54) is 0 Å². The summed E-state index contributed by atoms with van der Waals surface area (Å²) in [5.41, 5.74) is 0.508. The van der Waals surface area contributed by atoms with E-state index >= 15 is 0 Å². The zero-order valence-electron chi connectivity index (χ0n) is 17.3. The van der Waals surface area contributed by atoms with Gasteiger partial charge in [0.25, 0.3) is 5.91 Å². The number of imidazole rings is 2. The van der Waals surface area contributed by atoms with Crippen LogP contribution >= 0.6 is 0 Å². The van der Waals surface area contributed by atoms with Crippen LogP contribution in [0.1, 0.15) is 10.4 Å². The summed E-state index contributed by atoms with van der Waals surface area (Å²) >= 11 is 0. The molecule has 0 saturated carbocycles. The topological polar surface area (TPSA) is 101 Å². The molecule has 2 aromatic heterocycles. The minimum atomic E-state index is -0.408. The highest BCUT2D eigenvalue weighted by atomic mass is 16.3. The number of carbonyl (C=O) groups excluding carboxylic acids is 2. The second kappa shape index (κ2) is 8.04. The number of fused-ring (bicyclic) bond motifs is 1. The molecular formula is C22H24N6O3+2. The predicted molar refractivity (Wildman–Crippen MR) is 113 cm³/mol. The first-order valence-electron chi connectivity index (χ1n) is 9.71. The van der Waals surface area contributed by atoms with Gasteiger partial charge in [-0.2, -0.15) is 0 Å². The number of phenolic OH excluding ortho intramolecular Hbond substituents is 1. The van der Waals surface area contributed by atoms with Crippen molar-refractivity contribution in [2.45, 2.75) is 13.1 Å². The average molecular weight is 420 g/mol. The molecule has 9 heteroatoms. The third-order valence-corrected chi connectivity index (χ3v) is 5.12. The first kappa shape index (κ1) is 20.3. The third kappa shape index (κ3) is 4.03. The molecule has 0 radical (unpaired) electrons. The van der Waals surface area contributed by atoms with Crippen LogP contribution in [0.4, 0.5) is 5.69 Å². The molecule has 4 aromatic rings. The number of nitrogens with zero attached hydrogens (tertiary/aromatic N) is 5. The van der Waals surface area contributed by atoms with Crippen molar-refractivity contribution in [1.29, 1.82) is 0 Å². The summed E-state index contributed by atoms with van der Waals surface area (Å²) in [5.74, 6) is 5.28. The fourth-order valence-corrected chi connectivity index (χ4v) is 3.58. The van der Waals surface area contributed by atoms with Gasteiger partial charge < -0.3 is 5.11 Å². The summed E-state index contributed by atoms with van der Waals surface area (Å²) in [7, 11) is 3.72. The summed E-state index contributed by atoms with van der Waals surface area (Å²) in [6.45, 7) is 0.138. The van der Waals surface area contributed by atoms with E-state index < -0.39 is 5.91 Å². The van der Waals surface area contributed by atoms with Crippen LogP contribution in [0, 0.1) is 0 Å².